The highest BCUT2D eigenvalue weighted by Crippen LogP contribution is 2.27. The van der Waals surface area contributed by atoms with Gasteiger partial charge in [0, 0.05) is 63.1 Å². The quantitative estimate of drug-likeness (QED) is 0.724. The summed E-state index contributed by atoms with van der Waals surface area (Å²) in [6.07, 6.45) is 0.716. The van der Waals surface area contributed by atoms with E-state index in [2.05, 4.69) is 10.2 Å². The Morgan fingerprint density at radius 1 is 1.00 bits per heavy atom. The Hall–Kier alpha value is -3.42. The zero-order chi connectivity index (χ0) is 24.0. The van der Waals surface area contributed by atoms with Crippen LogP contribution in [-0.4, -0.2) is 66.8 Å². The molecule has 0 unspecified atom stereocenters. The van der Waals surface area contributed by atoms with Crippen molar-refractivity contribution in [1.29, 1.82) is 0 Å². The molecule has 33 heavy (non-hydrogen) atoms. The predicted molar refractivity (Wildman–Crippen MR) is 127 cm³/mol. The number of hydrogen-bond donors (Lipinski definition) is 1. The van der Waals surface area contributed by atoms with Crippen molar-refractivity contribution in [3.8, 4) is 0 Å². The van der Waals surface area contributed by atoms with Crippen molar-refractivity contribution in [1.82, 2.24) is 9.80 Å². The second kappa shape index (κ2) is 10.9. The van der Waals surface area contributed by atoms with E-state index in [9.17, 15) is 18.8 Å². The van der Waals surface area contributed by atoms with Gasteiger partial charge in [-0.1, -0.05) is 6.07 Å². The molecule has 1 heterocycles. The van der Waals surface area contributed by atoms with Gasteiger partial charge in [0.2, 0.25) is 5.91 Å². The summed E-state index contributed by atoms with van der Waals surface area (Å²) in [4.78, 5) is 43.3. The third kappa shape index (κ3) is 5.88. The molecule has 1 saturated heterocycles. The molecule has 0 saturated carbocycles. The van der Waals surface area contributed by atoms with Crippen molar-refractivity contribution in [2.75, 3.05) is 49.5 Å². The largest absolute Gasteiger partial charge is 0.369 e. The molecule has 1 aliphatic heterocycles. The molecule has 0 spiro atoms. The number of rotatable bonds is 6. The molecule has 1 aliphatic rings. The van der Waals surface area contributed by atoms with E-state index in [0.717, 1.165) is 5.69 Å². The summed E-state index contributed by atoms with van der Waals surface area (Å²) in [7, 11) is 0. The smallest absolute Gasteiger partial charge is 0.256 e. The maximum absolute atomic E-state index is 13.6. The molecule has 2 aromatic rings. The molecule has 0 aromatic heterocycles. The minimum Gasteiger partial charge on any atom is -0.369 e. The topological polar surface area (TPSA) is 73.0 Å². The lowest BCUT2D eigenvalue weighted by Crippen LogP contribution is -2.36. The van der Waals surface area contributed by atoms with Gasteiger partial charge in [0.1, 0.15) is 5.82 Å². The fourth-order valence-corrected chi connectivity index (χ4v) is 4.11. The van der Waals surface area contributed by atoms with Gasteiger partial charge in [-0.3, -0.25) is 14.4 Å². The zero-order valence-electron chi connectivity index (χ0n) is 19.4. The number of nitrogens with zero attached hydrogens (tertiary/aromatic N) is 3. The highest BCUT2D eigenvalue weighted by molar-refractivity contribution is 6.02. The summed E-state index contributed by atoms with van der Waals surface area (Å²) in [6.45, 7) is 8.67. The Labute approximate surface area is 194 Å². The summed E-state index contributed by atoms with van der Waals surface area (Å²) >= 11 is 0. The number of halogens is 1. The lowest BCUT2D eigenvalue weighted by molar-refractivity contribution is -0.114. The van der Waals surface area contributed by atoms with Crippen LogP contribution in [0.5, 0.6) is 0 Å². The van der Waals surface area contributed by atoms with Gasteiger partial charge in [-0.15, -0.1) is 0 Å². The fourth-order valence-electron chi connectivity index (χ4n) is 4.11. The number of amides is 3. The number of nitrogens with one attached hydrogen (secondary N) is 1. The standard InChI is InChI=1S/C25H31FN4O3/c1-4-28(5-2)25(33)22-17-21(27-18(3)31)10-11-23(22)29-12-7-13-30(15-14-29)24(32)19-8-6-9-20(26)16-19/h6,8-11,16-17H,4-5,7,12-15H2,1-3H3,(H,27,31). The van der Waals surface area contributed by atoms with E-state index >= 15 is 0 Å². The molecule has 0 aliphatic carbocycles. The number of hydrogen-bond acceptors (Lipinski definition) is 4. The summed E-state index contributed by atoms with van der Waals surface area (Å²) in [5.41, 5.74) is 2.20. The molecule has 8 heteroatoms. The molecule has 2 aromatic carbocycles. The zero-order valence-corrected chi connectivity index (χ0v) is 19.4. The Kier molecular flexibility index (Phi) is 8.03. The molecule has 1 fully saturated rings. The summed E-state index contributed by atoms with van der Waals surface area (Å²) < 4.78 is 13.6. The lowest BCUT2D eigenvalue weighted by atomic mass is 10.1. The molecule has 1 N–H and O–H groups in total. The SMILES string of the molecule is CCN(CC)C(=O)c1cc(NC(C)=O)ccc1N1CCCN(C(=O)c2cccc(F)c2)CC1. The molecular weight excluding hydrogens is 423 g/mol. The summed E-state index contributed by atoms with van der Waals surface area (Å²) in [5.74, 6) is -0.933. The molecule has 7 nitrogen and oxygen atoms in total. The summed E-state index contributed by atoms with van der Waals surface area (Å²) in [6, 6.07) is 11.1. The van der Waals surface area contributed by atoms with E-state index in [1.807, 2.05) is 19.9 Å². The van der Waals surface area contributed by atoms with Crippen LogP contribution in [0.25, 0.3) is 0 Å². The van der Waals surface area contributed by atoms with Crippen molar-refractivity contribution >= 4 is 29.1 Å². The number of carbonyl (C=O) groups is 3. The van der Waals surface area contributed by atoms with E-state index in [-0.39, 0.29) is 17.7 Å². The highest BCUT2D eigenvalue weighted by Gasteiger charge is 2.25. The predicted octanol–water partition coefficient (Wildman–Crippen LogP) is 3.62. The molecule has 0 bridgehead atoms. The molecule has 0 atom stereocenters. The number of benzene rings is 2. The van der Waals surface area contributed by atoms with Gasteiger partial charge in [0.25, 0.3) is 11.8 Å². The van der Waals surface area contributed by atoms with Crippen LogP contribution in [0.4, 0.5) is 15.8 Å². The van der Waals surface area contributed by atoms with Crippen LogP contribution in [-0.2, 0) is 4.79 Å². The Morgan fingerprint density at radius 3 is 2.42 bits per heavy atom. The Balaban J connectivity index is 1.85. The minimum absolute atomic E-state index is 0.0980. The first-order valence-electron chi connectivity index (χ1n) is 11.3. The van der Waals surface area contributed by atoms with Crippen molar-refractivity contribution in [3.05, 3.63) is 59.4 Å². The average Bonchev–Trinajstić information content (AvgIpc) is 3.05. The molecule has 176 valence electrons. The number of carbonyl (C=O) groups excluding carboxylic acids is 3. The van der Waals surface area contributed by atoms with Gasteiger partial charge in [0.05, 0.1) is 5.56 Å². The first-order chi connectivity index (χ1) is 15.8. The van der Waals surface area contributed by atoms with Gasteiger partial charge >= 0.3 is 0 Å². The van der Waals surface area contributed by atoms with Crippen LogP contribution in [0.2, 0.25) is 0 Å². The van der Waals surface area contributed by atoms with Crippen LogP contribution in [0.1, 0.15) is 47.9 Å². The van der Waals surface area contributed by atoms with Crippen LogP contribution in [0.3, 0.4) is 0 Å². The molecule has 0 radical (unpaired) electrons. The van der Waals surface area contributed by atoms with Crippen LogP contribution in [0.15, 0.2) is 42.5 Å². The van der Waals surface area contributed by atoms with E-state index in [0.29, 0.717) is 62.5 Å². The second-order valence-corrected chi connectivity index (χ2v) is 8.03. The normalized spacial score (nSPS) is 13.9. The van der Waals surface area contributed by atoms with Gasteiger partial charge < -0.3 is 20.0 Å². The first kappa shape index (κ1) is 24.2. The van der Waals surface area contributed by atoms with Crippen molar-refractivity contribution < 1.29 is 18.8 Å². The molecule has 3 rings (SSSR count). The molecule has 3 amide bonds. The second-order valence-electron chi connectivity index (χ2n) is 8.03. The van der Waals surface area contributed by atoms with E-state index in [1.165, 1.54) is 25.1 Å². The Bertz CT molecular complexity index is 1020. The highest BCUT2D eigenvalue weighted by atomic mass is 19.1. The van der Waals surface area contributed by atoms with Gasteiger partial charge in [-0.05, 0) is 56.7 Å². The Morgan fingerprint density at radius 2 is 1.76 bits per heavy atom. The van der Waals surface area contributed by atoms with Crippen LogP contribution >= 0.6 is 0 Å². The van der Waals surface area contributed by atoms with E-state index < -0.39 is 5.82 Å². The summed E-state index contributed by atoms with van der Waals surface area (Å²) in [5, 5.41) is 2.75. The fraction of sp³-hybridized carbons (Fsp3) is 0.400. The van der Waals surface area contributed by atoms with Crippen LogP contribution in [0, 0.1) is 5.82 Å². The molecular formula is C25H31FN4O3. The first-order valence-corrected chi connectivity index (χ1v) is 11.3. The minimum atomic E-state index is -0.434. The number of anilines is 2. The van der Waals surface area contributed by atoms with E-state index in [1.54, 1.807) is 28.0 Å². The van der Waals surface area contributed by atoms with Crippen molar-refractivity contribution in [3.63, 3.8) is 0 Å². The maximum atomic E-state index is 13.6. The van der Waals surface area contributed by atoms with Crippen molar-refractivity contribution in [2.24, 2.45) is 0 Å². The third-order valence-electron chi connectivity index (χ3n) is 5.79. The maximum Gasteiger partial charge on any atom is 0.256 e. The van der Waals surface area contributed by atoms with Crippen molar-refractivity contribution in [2.45, 2.75) is 27.2 Å². The van der Waals surface area contributed by atoms with Crippen LogP contribution < -0.4 is 10.2 Å². The van der Waals surface area contributed by atoms with Gasteiger partial charge in [0.15, 0.2) is 0 Å². The monoisotopic (exact) mass is 454 g/mol. The third-order valence-corrected chi connectivity index (χ3v) is 5.79. The van der Waals surface area contributed by atoms with Gasteiger partial charge in [-0.2, -0.15) is 0 Å². The average molecular weight is 455 g/mol. The van der Waals surface area contributed by atoms with Gasteiger partial charge in [-0.25, -0.2) is 4.39 Å². The van der Waals surface area contributed by atoms with E-state index in [4.69, 9.17) is 0 Å². The lowest BCUT2D eigenvalue weighted by Gasteiger charge is -2.28.